The number of benzene rings is 2. The van der Waals surface area contributed by atoms with Crippen LogP contribution in [0.4, 0.5) is 21.3 Å². The highest BCUT2D eigenvalue weighted by atomic mass is 35.5. The van der Waals surface area contributed by atoms with Gasteiger partial charge in [-0.25, -0.2) is 4.79 Å². The third kappa shape index (κ3) is 5.77. The average molecular weight is 402 g/mol. The maximum atomic E-state index is 12.1. The number of nitrogens with one attached hydrogen (secondary N) is 3. The van der Waals surface area contributed by atoms with Crippen molar-refractivity contribution in [3.8, 4) is 0 Å². The number of carbonyl (C=O) groups is 2. The van der Waals surface area contributed by atoms with E-state index in [-0.39, 0.29) is 12.3 Å². The van der Waals surface area contributed by atoms with Crippen molar-refractivity contribution >= 4 is 51.4 Å². The molecular formula is C18H16ClN5O2S. The molecule has 27 heavy (non-hydrogen) atoms. The Morgan fingerprint density at radius 1 is 0.926 bits per heavy atom. The molecule has 0 aliphatic carbocycles. The summed E-state index contributed by atoms with van der Waals surface area (Å²) in [5.41, 5.74) is 2.43. The molecule has 9 heteroatoms. The Bertz CT molecular complexity index is 865. The van der Waals surface area contributed by atoms with Gasteiger partial charge in [0.2, 0.25) is 11.0 Å². The molecule has 1 heterocycles. The first-order chi connectivity index (χ1) is 13.0. The molecule has 3 aromatic rings. The van der Waals surface area contributed by atoms with E-state index in [9.17, 15) is 9.59 Å². The second-order valence-corrected chi connectivity index (χ2v) is 7.18. The molecule has 1 aromatic heterocycles. The van der Waals surface area contributed by atoms with Crippen LogP contribution in [0.3, 0.4) is 0 Å². The Kier molecular flexibility index (Phi) is 6.00. The lowest BCUT2D eigenvalue weighted by Gasteiger charge is -2.04. The predicted octanol–water partition coefficient (Wildman–Crippen LogP) is 4.33. The van der Waals surface area contributed by atoms with E-state index in [1.165, 1.54) is 0 Å². The fourth-order valence-electron chi connectivity index (χ4n) is 2.15. The standard InChI is InChI=1S/C18H16ClN5O2S/c1-11-2-6-13(7-3-11)20-15(25)10-16-23-24-18(27-16)22-17(26)21-14-8-4-12(19)5-9-14/h2-9H,10H2,1H3,(H,20,25)(H2,21,22,24,26). The first kappa shape index (κ1) is 18.8. The maximum absolute atomic E-state index is 12.1. The minimum absolute atomic E-state index is 0.0754. The van der Waals surface area contributed by atoms with Gasteiger partial charge in [-0.15, -0.1) is 10.2 Å². The van der Waals surface area contributed by atoms with Crippen molar-refractivity contribution in [3.05, 3.63) is 64.1 Å². The third-order valence-electron chi connectivity index (χ3n) is 3.44. The van der Waals surface area contributed by atoms with E-state index in [0.717, 1.165) is 22.6 Å². The summed E-state index contributed by atoms with van der Waals surface area (Å²) in [4.78, 5) is 24.1. The second kappa shape index (κ2) is 8.61. The molecular weight excluding hydrogens is 386 g/mol. The van der Waals surface area contributed by atoms with E-state index in [0.29, 0.717) is 20.8 Å². The van der Waals surface area contributed by atoms with Crippen LogP contribution in [-0.4, -0.2) is 22.1 Å². The van der Waals surface area contributed by atoms with Crippen LogP contribution in [0.25, 0.3) is 0 Å². The Balaban J connectivity index is 1.51. The quantitative estimate of drug-likeness (QED) is 0.593. The number of rotatable bonds is 5. The van der Waals surface area contributed by atoms with E-state index < -0.39 is 6.03 Å². The molecule has 3 N–H and O–H groups in total. The zero-order valence-corrected chi connectivity index (χ0v) is 15.9. The lowest BCUT2D eigenvalue weighted by atomic mass is 10.2. The van der Waals surface area contributed by atoms with Crippen molar-refractivity contribution < 1.29 is 9.59 Å². The Labute approximate surface area is 164 Å². The third-order valence-corrected chi connectivity index (χ3v) is 4.53. The van der Waals surface area contributed by atoms with E-state index >= 15 is 0 Å². The second-order valence-electron chi connectivity index (χ2n) is 5.68. The minimum Gasteiger partial charge on any atom is -0.326 e. The fourth-order valence-corrected chi connectivity index (χ4v) is 3.01. The Morgan fingerprint density at radius 2 is 1.56 bits per heavy atom. The van der Waals surface area contributed by atoms with E-state index in [2.05, 4.69) is 26.1 Å². The molecule has 0 saturated heterocycles. The van der Waals surface area contributed by atoms with Crippen LogP contribution in [0.2, 0.25) is 5.02 Å². The highest BCUT2D eigenvalue weighted by molar-refractivity contribution is 7.15. The molecule has 3 rings (SSSR count). The van der Waals surface area contributed by atoms with Crippen LogP contribution >= 0.6 is 22.9 Å². The highest BCUT2D eigenvalue weighted by Gasteiger charge is 2.12. The number of hydrogen-bond acceptors (Lipinski definition) is 5. The Hall–Kier alpha value is -2.97. The Morgan fingerprint density at radius 3 is 2.26 bits per heavy atom. The SMILES string of the molecule is Cc1ccc(NC(=O)Cc2nnc(NC(=O)Nc3ccc(Cl)cc3)s2)cc1. The van der Waals surface area contributed by atoms with Crippen LogP contribution < -0.4 is 16.0 Å². The highest BCUT2D eigenvalue weighted by Crippen LogP contribution is 2.18. The monoisotopic (exact) mass is 401 g/mol. The van der Waals surface area contributed by atoms with Gasteiger partial charge in [-0.05, 0) is 43.3 Å². The van der Waals surface area contributed by atoms with Crippen molar-refractivity contribution in [3.63, 3.8) is 0 Å². The molecule has 0 aliphatic rings. The molecule has 0 atom stereocenters. The zero-order valence-electron chi connectivity index (χ0n) is 14.3. The maximum Gasteiger partial charge on any atom is 0.325 e. The van der Waals surface area contributed by atoms with Crippen molar-refractivity contribution in [2.24, 2.45) is 0 Å². The summed E-state index contributed by atoms with van der Waals surface area (Å²) in [5, 5.41) is 17.2. The average Bonchev–Trinajstić information content (AvgIpc) is 3.05. The van der Waals surface area contributed by atoms with Crippen molar-refractivity contribution in [2.45, 2.75) is 13.3 Å². The smallest absolute Gasteiger partial charge is 0.325 e. The van der Waals surface area contributed by atoms with Gasteiger partial charge in [0, 0.05) is 16.4 Å². The van der Waals surface area contributed by atoms with E-state index in [4.69, 9.17) is 11.6 Å². The van der Waals surface area contributed by atoms with Crippen molar-refractivity contribution in [1.82, 2.24) is 10.2 Å². The van der Waals surface area contributed by atoms with Gasteiger partial charge in [0.25, 0.3) is 0 Å². The van der Waals surface area contributed by atoms with Crippen molar-refractivity contribution in [1.29, 1.82) is 0 Å². The van der Waals surface area contributed by atoms with E-state index in [1.54, 1.807) is 24.3 Å². The largest absolute Gasteiger partial charge is 0.326 e. The number of carbonyl (C=O) groups excluding carboxylic acids is 2. The summed E-state index contributed by atoms with van der Waals surface area (Å²) in [6.07, 6.45) is 0.0754. The van der Waals surface area contributed by atoms with Gasteiger partial charge in [-0.3, -0.25) is 10.1 Å². The van der Waals surface area contributed by atoms with Crippen LogP contribution in [0, 0.1) is 6.92 Å². The fraction of sp³-hybridized carbons (Fsp3) is 0.111. The molecule has 0 radical (unpaired) electrons. The normalized spacial score (nSPS) is 10.3. The van der Waals surface area contributed by atoms with Gasteiger partial charge in [0.05, 0.1) is 6.42 Å². The molecule has 138 valence electrons. The van der Waals surface area contributed by atoms with Crippen LogP contribution in [0.5, 0.6) is 0 Å². The summed E-state index contributed by atoms with van der Waals surface area (Å²) >= 11 is 6.94. The summed E-state index contributed by atoms with van der Waals surface area (Å²) in [7, 11) is 0. The number of aromatic nitrogens is 2. The van der Waals surface area contributed by atoms with Crippen LogP contribution in [0.1, 0.15) is 10.6 Å². The summed E-state index contributed by atoms with van der Waals surface area (Å²) in [6, 6.07) is 13.8. The minimum atomic E-state index is -0.455. The molecule has 0 saturated carbocycles. The number of amides is 3. The van der Waals surface area contributed by atoms with E-state index in [1.807, 2.05) is 31.2 Å². The van der Waals surface area contributed by atoms with Gasteiger partial charge in [-0.1, -0.05) is 40.6 Å². The van der Waals surface area contributed by atoms with Gasteiger partial charge < -0.3 is 10.6 Å². The molecule has 0 spiro atoms. The summed E-state index contributed by atoms with van der Waals surface area (Å²) < 4.78 is 0. The number of urea groups is 1. The van der Waals surface area contributed by atoms with Crippen LogP contribution in [0.15, 0.2) is 48.5 Å². The molecule has 3 amide bonds. The summed E-state index contributed by atoms with van der Waals surface area (Å²) in [6.45, 7) is 1.98. The summed E-state index contributed by atoms with van der Waals surface area (Å²) in [5.74, 6) is -0.202. The predicted molar refractivity (Wildman–Crippen MR) is 108 cm³/mol. The number of hydrogen-bond donors (Lipinski definition) is 3. The van der Waals surface area contributed by atoms with Gasteiger partial charge >= 0.3 is 6.03 Å². The number of anilines is 3. The molecule has 2 aromatic carbocycles. The van der Waals surface area contributed by atoms with Gasteiger partial charge in [-0.2, -0.15) is 0 Å². The zero-order chi connectivity index (χ0) is 19.2. The molecule has 0 bridgehead atoms. The first-order valence-electron chi connectivity index (χ1n) is 8.00. The molecule has 0 aliphatic heterocycles. The van der Waals surface area contributed by atoms with Gasteiger partial charge in [0.1, 0.15) is 5.01 Å². The number of halogens is 1. The molecule has 0 fully saturated rings. The number of aryl methyl sites for hydroxylation is 1. The molecule has 0 unspecified atom stereocenters. The lowest BCUT2D eigenvalue weighted by molar-refractivity contribution is -0.115. The first-order valence-corrected chi connectivity index (χ1v) is 9.20. The lowest BCUT2D eigenvalue weighted by Crippen LogP contribution is -2.19. The number of nitrogens with zero attached hydrogens (tertiary/aromatic N) is 2. The van der Waals surface area contributed by atoms with Gasteiger partial charge in [0.15, 0.2) is 0 Å². The topological polar surface area (TPSA) is 96.0 Å². The van der Waals surface area contributed by atoms with Crippen LogP contribution in [-0.2, 0) is 11.2 Å². The van der Waals surface area contributed by atoms with Crippen molar-refractivity contribution in [2.75, 3.05) is 16.0 Å². The molecule has 7 nitrogen and oxygen atoms in total.